The lowest BCUT2D eigenvalue weighted by Crippen LogP contribution is -2.29. The summed E-state index contributed by atoms with van der Waals surface area (Å²) in [5.41, 5.74) is 1.01. The zero-order chi connectivity index (χ0) is 17.8. The third-order valence-corrected chi connectivity index (χ3v) is 4.90. The van der Waals surface area contributed by atoms with E-state index in [-0.39, 0.29) is 11.9 Å². The number of likely N-dealkylation sites (tertiary alicyclic amines) is 1. The van der Waals surface area contributed by atoms with Crippen LogP contribution in [-0.4, -0.2) is 31.6 Å². The molecule has 0 spiro atoms. The van der Waals surface area contributed by atoms with Crippen molar-refractivity contribution in [1.29, 1.82) is 0 Å². The molecule has 1 atom stereocenters. The van der Waals surface area contributed by atoms with Gasteiger partial charge in [0.05, 0.1) is 20.3 Å². The van der Waals surface area contributed by atoms with Crippen molar-refractivity contribution in [3.8, 4) is 11.5 Å². The summed E-state index contributed by atoms with van der Waals surface area (Å²) < 4.78 is 17.0. The summed E-state index contributed by atoms with van der Waals surface area (Å²) in [5, 5.41) is 0. The van der Waals surface area contributed by atoms with Crippen LogP contribution in [0.4, 0.5) is 0 Å². The van der Waals surface area contributed by atoms with Crippen LogP contribution in [0.3, 0.4) is 0 Å². The molecule has 1 aliphatic heterocycles. The number of ether oxygens (including phenoxy) is 2. The normalized spacial score (nSPS) is 17.2. The first-order valence-corrected chi connectivity index (χ1v) is 9.16. The molecule has 1 aromatic carbocycles. The maximum absolute atomic E-state index is 12.7. The van der Waals surface area contributed by atoms with Gasteiger partial charge in [0.1, 0.15) is 17.3 Å². The van der Waals surface area contributed by atoms with Crippen molar-refractivity contribution in [3.05, 3.63) is 51.5 Å². The van der Waals surface area contributed by atoms with Crippen molar-refractivity contribution in [2.75, 3.05) is 20.8 Å². The molecule has 1 aliphatic rings. The minimum atomic E-state index is -0.0215. The SMILES string of the molecule is COc1ccc(C2CCCN2C(=O)/C=C/c2ccc(I)o2)c(OC)c1. The smallest absolute Gasteiger partial charge is 0.247 e. The second-order valence-electron chi connectivity index (χ2n) is 5.77. The van der Waals surface area contributed by atoms with Crippen LogP contribution in [0.15, 0.2) is 40.8 Å². The fourth-order valence-corrected chi connectivity index (χ4v) is 3.55. The van der Waals surface area contributed by atoms with Gasteiger partial charge in [0.15, 0.2) is 3.77 Å². The highest BCUT2D eigenvalue weighted by Crippen LogP contribution is 2.38. The number of furan rings is 1. The standard InChI is InChI=1S/C19H20INO4/c1-23-14-5-8-15(17(12-14)24-2)16-4-3-11-21(16)19(22)10-7-13-6-9-18(20)25-13/h5-10,12,16H,3-4,11H2,1-2H3/b10-7+. The van der Waals surface area contributed by atoms with Crippen molar-refractivity contribution < 1.29 is 18.7 Å². The molecule has 3 rings (SSSR count). The Bertz CT molecular complexity index is 783. The number of benzene rings is 1. The number of carbonyl (C=O) groups excluding carboxylic acids is 1. The molecule has 1 aromatic heterocycles. The number of hydrogen-bond acceptors (Lipinski definition) is 4. The maximum Gasteiger partial charge on any atom is 0.247 e. The second-order valence-corrected chi connectivity index (χ2v) is 6.84. The Morgan fingerprint density at radius 3 is 2.80 bits per heavy atom. The van der Waals surface area contributed by atoms with Gasteiger partial charge < -0.3 is 18.8 Å². The van der Waals surface area contributed by atoms with Gasteiger partial charge in [-0.3, -0.25) is 4.79 Å². The van der Waals surface area contributed by atoms with Crippen LogP contribution in [-0.2, 0) is 4.79 Å². The zero-order valence-electron chi connectivity index (χ0n) is 14.2. The molecule has 0 N–H and O–H groups in total. The van der Waals surface area contributed by atoms with Crippen LogP contribution in [0, 0.1) is 3.77 Å². The van der Waals surface area contributed by atoms with E-state index in [1.54, 1.807) is 26.4 Å². The predicted octanol–water partition coefficient (Wildman–Crippen LogP) is 4.28. The molecule has 5 nitrogen and oxygen atoms in total. The van der Waals surface area contributed by atoms with Gasteiger partial charge in [0, 0.05) is 24.3 Å². The van der Waals surface area contributed by atoms with Gasteiger partial charge in [0.25, 0.3) is 0 Å². The van der Waals surface area contributed by atoms with E-state index in [2.05, 4.69) is 22.6 Å². The maximum atomic E-state index is 12.7. The van der Waals surface area contributed by atoms with Crippen LogP contribution >= 0.6 is 22.6 Å². The molecule has 0 saturated carbocycles. The first-order valence-electron chi connectivity index (χ1n) is 8.08. The largest absolute Gasteiger partial charge is 0.497 e. The Labute approximate surface area is 160 Å². The fraction of sp³-hybridized carbons (Fsp3) is 0.316. The van der Waals surface area contributed by atoms with Gasteiger partial charge in [-0.2, -0.15) is 0 Å². The second kappa shape index (κ2) is 7.95. The molecule has 0 radical (unpaired) electrons. The average molecular weight is 453 g/mol. The zero-order valence-corrected chi connectivity index (χ0v) is 16.4. The summed E-state index contributed by atoms with van der Waals surface area (Å²) in [6, 6.07) is 9.46. The molecule has 6 heteroatoms. The molecule has 2 aromatic rings. The summed E-state index contributed by atoms with van der Waals surface area (Å²) >= 11 is 2.10. The van der Waals surface area contributed by atoms with Gasteiger partial charge in [-0.1, -0.05) is 0 Å². The number of nitrogens with zero attached hydrogens (tertiary/aromatic N) is 1. The van der Waals surface area contributed by atoms with E-state index in [4.69, 9.17) is 13.9 Å². The van der Waals surface area contributed by atoms with E-state index < -0.39 is 0 Å². The van der Waals surface area contributed by atoms with E-state index in [0.29, 0.717) is 5.76 Å². The van der Waals surface area contributed by atoms with Crippen molar-refractivity contribution in [1.82, 2.24) is 4.90 Å². The van der Waals surface area contributed by atoms with Crippen molar-refractivity contribution in [2.24, 2.45) is 0 Å². The van der Waals surface area contributed by atoms with Crippen molar-refractivity contribution in [2.45, 2.75) is 18.9 Å². The molecule has 1 saturated heterocycles. The number of rotatable bonds is 5. The first kappa shape index (κ1) is 17.8. The Hall–Kier alpha value is -1.96. The van der Waals surface area contributed by atoms with E-state index in [9.17, 15) is 4.79 Å². The fourth-order valence-electron chi connectivity index (χ4n) is 3.11. The van der Waals surface area contributed by atoms with Gasteiger partial charge >= 0.3 is 0 Å². The quantitative estimate of drug-likeness (QED) is 0.501. The van der Waals surface area contributed by atoms with E-state index in [1.165, 1.54) is 0 Å². The molecule has 1 amide bonds. The molecule has 1 unspecified atom stereocenters. The topological polar surface area (TPSA) is 51.9 Å². The molecule has 0 aliphatic carbocycles. The highest BCUT2D eigenvalue weighted by atomic mass is 127. The lowest BCUT2D eigenvalue weighted by molar-refractivity contribution is -0.126. The summed E-state index contributed by atoms with van der Waals surface area (Å²) in [4.78, 5) is 14.5. The minimum Gasteiger partial charge on any atom is -0.497 e. The first-order chi connectivity index (χ1) is 12.1. The lowest BCUT2D eigenvalue weighted by Gasteiger charge is -2.25. The summed E-state index contributed by atoms with van der Waals surface area (Å²) in [6.07, 6.45) is 5.17. The van der Waals surface area contributed by atoms with Crippen molar-refractivity contribution in [3.63, 3.8) is 0 Å². The predicted molar refractivity (Wildman–Crippen MR) is 104 cm³/mol. The number of amides is 1. The molecule has 1 fully saturated rings. The van der Waals surface area contributed by atoms with Crippen LogP contribution in [0.1, 0.15) is 30.2 Å². The highest BCUT2D eigenvalue weighted by molar-refractivity contribution is 14.1. The summed E-state index contributed by atoms with van der Waals surface area (Å²) in [6.45, 7) is 0.735. The van der Waals surface area contributed by atoms with Crippen LogP contribution in [0.2, 0.25) is 0 Å². The van der Waals surface area contributed by atoms with Crippen LogP contribution < -0.4 is 9.47 Å². The Balaban J connectivity index is 1.80. The molecule has 2 heterocycles. The lowest BCUT2D eigenvalue weighted by atomic mass is 10.0. The molecule has 0 bridgehead atoms. The third-order valence-electron chi connectivity index (χ3n) is 4.32. The Morgan fingerprint density at radius 1 is 1.28 bits per heavy atom. The number of methoxy groups -OCH3 is 2. The van der Waals surface area contributed by atoms with Gasteiger partial charge in [0.2, 0.25) is 5.91 Å². The molecule has 25 heavy (non-hydrogen) atoms. The summed E-state index contributed by atoms with van der Waals surface area (Å²) in [5.74, 6) is 2.14. The van der Waals surface area contributed by atoms with Crippen LogP contribution in [0.25, 0.3) is 6.08 Å². The molecular formula is C19H20INO4. The average Bonchev–Trinajstić information content (AvgIpc) is 3.28. The molecular weight excluding hydrogens is 433 g/mol. The van der Waals surface area contributed by atoms with E-state index in [0.717, 1.165) is 40.2 Å². The minimum absolute atomic E-state index is 0.00902. The Morgan fingerprint density at radius 2 is 2.12 bits per heavy atom. The van der Waals surface area contributed by atoms with E-state index >= 15 is 0 Å². The third kappa shape index (κ3) is 4.00. The summed E-state index contributed by atoms with van der Waals surface area (Å²) in [7, 11) is 3.26. The number of halogens is 1. The Kier molecular flexibility index (Phi) is 5.67. The van der Waals surface area contributed by atoms with Gasteiger partial charge in [-0.15, -0.1) is 0 Å². The van der Waals surface area contributed by atoms with Gasteiger partial charge in [-0.05, 0) is 65.8 Å². The number of carbonyl (C=O) groups is 1. The molecule has 132 valence electrons. The number of hydrogen-bond donors (Lipinski definition) is 0. The van der Waals surface area contributed by atoms with Crippen LogP contribution in [0.5, 0.6) is 11.5 Å². The monoisotopic (exact) mass is 453 g/mol. The van der Waals surface area contributed by atoms with Gasteiger partial charge in [-0.25, -0.2) is 0 Å². The van der Waals surface area contributed by atoms with E-state index in [1.807, 2.05) is 35.2 Å². The van der Waals surface area contributed by atoms with Crippen molar-refractivity contribution >= 4 is 34.6 Å². The highest BCUT2D eigenvalue weighted by Gasteiger charge is 2.31.